The topological polar surface area (TPSA) is 90.9 Å². The highest BCUT2D eigenvalue weighted by Gasteiger charge is 2.20. The van der Waals surface area contributed by atoms with E-state index in [1.54, 1.807) is 6.07 Å². The maximum atomic E-state index is 11.8. The van der Waals surface area contributed by atoms with E-state index in [-0.39, 0.29) is 22.0 Å². The number of ether oxygens (including phenoxy) is 3. The average Bonchev–Trinajstić information content (AvgIpc) is 2.52. The highest BCUT2D eigenvalue weighted by molar-refractivity contribution is 6.34. The van der Waals surface area contributed by atoms with E-state index < -0.39 is 17.9 Å². The van der Waals surface area contributed by atoms with Gasteiger partial charge in [-0.1, -0.05) is 17.7 Å². The summed E-state index contributed by atoms with van der Waals surface area (Å²) in [5.41, 5.74) is -0.0204. The minimum atomic E-state index is -0.818. The Morgan fingerprint density at radius 1 is 1.09 bits per heavy atom. The average molecular weight is 328 g/mol. The van der Waals surface area contributed by atoms with Crippen LogP contribution in [0.1, 0.15) is 10.4 Å². The van der Waals surface area contributed by atoms with E-state index in [4.69, 9.17) is 11.6 Å². The third-order valence-corrected chi connectivity index (χ3v) is 2.86. The Hall–Kier alpha value is -2.54. The summed E-state index contributed by atoms with van der Waals surface area (Å²) in [5, 5.41) is 2.74. The second-order valence-electron chi connectivity index (χ2n) is 3.85. The summed E-state index contributed by atoms with van der Waals surface area (Å²) in [6.07, 6.45) is 0.897. The van der Waals surface area contributed by atoms with Crippen LogP contribution in [-0.4, -0.2) is 39.2 Å². The number of carbonyl (C=O) groups excluding carboxylic acids is 3. The largest absolute Gasteiger partial charge is 0.466 e. The fourth-order valence-electron chi connectivity index (χ4n) is 1.52. The van der Waals surface area contributed by atoms with Crippen molar-refractivity contribution in [2.24, 2.45) is 0 Å². The summed E-state index contributed by atoms with van der Waals surface area (Å²) in [5.74, 6) is -2.29. The standard InChI is InChI=1S/C14H14ClNO6/c1-20-11(17)7-10(13(18)21-2)16-9-6-4-5-8(15)12(9)14(19)22-3/h4-7,16H,1-3H3/b10-7+. The molecule has 0 saturated heterocycles. The summed E-state index contributed by atoms with van der Waals surface area (Å²) in [4.78, 5) is 34.8. The van der Waals surface area contributed by atoms with Crippen molar-refractivity contribution in [3.63, 3.8) is 0 Å². The smallest absolute Gasteiger partial charge is 0.354 e. The molecule has 7 nitrogen and oxygen atoms in total. The number of carbonyl (C=O) groups is 3. The highest BCUT2D eigenvalue weighted by atomic mass is 35.5. The van der Waals surface area contributed by atoms with Crippen LogP contribution in [-0.2, 0) is 23.8 Å². The van der Waals surface area contributed by atoms with E-state index in [9.17, 15) is 14.4 Å². The van der Waals surface area contributed by atoms with Crippen LogP contribution in [0.15, 0.2) is 30.0 Å². The third kappa shape index (κ3) is 4.23. The molecule has 0 aliphatic carbocycles. The van der Waals surface area contributed by atoms with Crippen molar-refractivity contribution >= 4 is 35.2 Å². The molecule has 0 aromatic heterocycles. The lowest BCUT2D eigenvalue weighted by Gasteiger charge is -2.13. The van der Waals surface area contributed by atoms with Crippen LogP contribution >= 0.6 is 11.6 Å². The van der Waals surface area contributed by atoms with E-state index in [1.807, 2.05) is 0 Å². The second-order valence-corrected chi connectivity index (χ2v) is 4.26. The number of hydrogen-bond donors (Lipinski definition) is 1. The second kappa shape index (κ2) is 8.04. The molecule has 0 spiro atoms. The Morgan fingerprint density at radius 3 is 2.32 bits per heavy atom. The zero-order valence-corrected chi connectivity index (χ0v) is 12.9. The summed E-state index contributed by atoms with van der Waals surface area (Å²) < 4.78 is 13.7. The predicted octanol–water partition coefficient (Wildman–Crippen LogP) is 1.77. The predicted molar refractivity (Wildman–Crippen MR) is 78.5 cm³/mol. The van der Waals surface area contributed by atoms with Crippen molar-refractivity contribution in [3.05, 3.63) is 40.6 Å². The number of halogens is 1. The molecule has 0 fully saturated rings. The van der Waals surface area contributed by atoms with Gasteiger partial charge in [0, 0.05) is 0 Å². The van der Waals surface area contributed by atoms with Crippen LogP contribution in [0.2, 0.25) is 5.02 Å². The lowest BCUT2D eigenvalue weighted by atomic mass is 10.1. The van der Waals surface area contributed by atoms with E-state index in [0.717, 1.165) is 20.3 Å². The molecule has 0 bridgehead atoms. The first-order valence-corrected chi connectivity index (χ1v) is 6.34. The van der Waals surface area contributed by atoms with Crippen molar-refractivity contribution in [1.29, 1.82) is 0 Å². The summed E-state index contributed by atoms with van der Waals surface area (Å²) in [6.45, 7) is 0. The van der Waals surface area contributed by atoms with Crippen molar-refractivity contribution < 1.29 is 28.6 Å². The number of esters is 3. The Labute approximate surface area is 131 Å². The molecule has 8 heteroatoms. The van der Waals surface area contributed by atoms with Gasteiger partial charge >= 0.3 is 17.9 Å². The number of hydrogen-bond acceptors (Lipinski definition) is 7. The van der Waals surface area contributed by atoms with Crippen molar-refractivity contribution in [1.82, 2.24) is 0 Å². The molecule has 0 atom stereocenters. The molecule has 0 aliphatic rings. The van der Waals surface area contributed by atoms with Crippen LogP contribution in [0, 0.1) is 0 Å². The molecule has 0 heterocycles. The van der Waals surface area contributed by atoms with Gasteiger partial charge in [0.25, 0.3) is 0 Å². The van der Waals surface area contributed by atoms with Gasteiger partial charge in [0.1, 0.15) is 11.3 Å². The van der Waals surface area contributed by atoms with Crippen molar-refractivity contribution in [3.8, 4) is 0 Å². The Morgan fingerprint density at radius 2 is 1.77 bits per heavy atom. The van der Waals surface area contributed by atoms with Gasteiger partial charge in [0.2, 0.25) is 0 Å². The fraction of sp³-hybridized carbons (Fsp3) is 0.214. The normalized spacial score (nSPS) is 10.6. The van der Waals surface area contributed by atoms with Gasteiger partial charge in [-0.05, 0) is 12.1 Å². The van der Waals surface area contributed by atoms with Crippen LogP contribution in [0.3, 0.4) is 0 Å². The number of rotatable bonds is 5. The molecule has 1 rings (SSSR count). The van der Waals surface area contributed by atoms with Crippen LogP contribution in [0.4, 0.5) is 5.69 Å². The highest BCUT2D eigenvalue weighted by Crippen LogP contribution is 2.26. The Kier molecular flexibility index (Phi) is 6.40. The summed E-state index contributed by atoms with van der Waals surface area (Å²) in [7, 11) is 3.50. The van der Waals surface area contributed by atoms with Gasteiger partial charge in [-0.2, -0.15) is 0 Å². The number of nitrogens with one attached hydrogen (secondary N) is 1. The minimum Gasteiger partial charge on any atom is -0.466 e. The van der Waals surface area contributed by atoms with E-state index in [2.05, 4.69) is 19.5 Å². The molecular weight excluding hydrogens is 314 g/mol. The van der Waals surface area contributed by atoms with E-state index in [0.29, 0.717) is 0 Å². The fourth-order valence-corrected chi connectivity index (χ4v) is 1.77. The van der Waals surface area contributed by atoms with Gasteiger partial charge in [-0.15, -0.1) is 0 Å². The van der Waals surface area contributed by atoms with E-state index in [1.165, 1.54) is 19.2 Å². The monoisotopic (exact) mass is 327 g/mol. The van der Waals surface area contributed by atoms with Gasteiger partial charge in [-0.3, -0.25) is 0 Å². The van der Waals surface area contributed by atoms with Gasteiger partial charge in [0.15, 0.2) is 0 Å². The van der Waals surface area contributed by atoms with Gasteiger partial charge < -0.3 is 19.5 Å². The lowest BCUT2D eigenvalue weighted by molar-refractivity contribution is -0.138. The molecule has 1 aromatic carbocycles. The first-order valence-electron chi connectivity index (χ1n) is 5.96. The maximum absolute atomic E-state index is 11.8. The zero-order chi connectivity index (χ0) is 16.7. The summed E-state index contributed by atoms with van der Waals surface area (Å²) >= 11 is 5.96. The first-order chi connectivity index (χ1) is 10.4. The summed E-state index contributed by atoms with van der Waals surface area (Å²) in [6, 6.07) is 4.54. The third-order valence-electron chi connectivity index (χ3n) is 2.54. The molecule has 1 aromatic rings. The Bertz CT molecular complexity index is 626. The quantitative estimate of drug-likeness (QED) is 0.500. The SMILES string of the molecule is COC(=O)/C=C(/Nc1cccc(Cl)c1C(=O)OC)C(=O)OC. The lowest BCUT2D eigenvalue weighted by Crippen LogP contribution is -2.17. The molecule has 0 radical (unpaired) electrons. The van der Waals surface area contributed by atoms with Crippen LogP contribution in [0.5, 0.6) is 0 Å². The molecular formula is C14H14ClNO6. The Balaban J connectivity index is 3.27. The van der Waals surface area contributed by atoms with Crippen LogP contribution < -0.4 is 5.32 Å². The molecule has 0 aliphatic heterocycles. The molecule has 0 saturated carbocycles. The molecule has 1 N–H and O–H groups in total. The number of anilines is 1. The molecule has 0 unspecified atom stereocenters. The minimum absolute atomic E-state index is 0.0198. The van der Waals surface area contributed by atoms with Gasteiger partial charge in [-0.25, -0.2) is 14.4 Å². The molecule has 0 amide bonds. The number of methoxy groups -OCH3 is 3. The van der Waals surface area contributed by atoms with Crippen molar-refractivity contribution in [2.45, 2.75) is 0 Å². The van der Waals surface area contributed by atoms with Gasteiger partial charge in [0.05, 0.1) is 38.1 Å². The van der Waals surface area contributed by atoms with Crippen molar-refractivity contribution in [2.75, 3.05) is 26.6 Å². The number of benzene rings is 1. The molecule has 22 heavy (non-hydrogen) atoms. The van der Waals surface area contributed by atoms with E-state index >= 15 is 0 Å². The zero-order valence-electron chi connectivity index (χ0n) is 12.1. The maximum Gasteiger partial charge on any atom is 0.354 e. The first kappa shape index (κ1) is 17.5. The van der Waals surface area contributed by atoms with Crippen LogP contribution in [0.25, 0.3) is 0 Å². The molecule has 118 valence electrons.